The van der Waals surface area contributed by atoms with E-state index in [1.54, 1.807) is 20.8 Å². The van der Waals surface area contributed by atoms with Crippen molar-refractivity contribution in [3.8, 4) is 0 Å². The van der Waals surface area contributed by atoms with Gasteiger partial charge in [-0.2, -0.15) is 0 Å². The molecule has 5 amide bonds. The third-order valence-corrected chi connectivity index (χ3v) is 12.4. The summed E-state index contributed by atoms with van der Waals surface area (Å²) < 4.78 is 25.5. The van der Waals surface area contributed by atoms with E-state index in [0.717, 1.165) is 32.1 Å². The second kappa shape index (κ2) is 15.5. The molecule has 2 aliphatic carbocycles. The van der Waals surface area contributed by atoms with Crippen LogP contribution < -0.4 is 21.3 Å². The summed E-state index contributed by atoms with van der Waals surface area (Å²) in [5, 5.41) is 11.1. The van der Waals surface area contributed by atoms with Gasteiger partial charge < -0.3 is 26.2 Å². The summed E-state index contributed by atoms with van der Waals surface area (Å²) in [7, 11) is -3.55. The van der Waals surface area contributed by atoms with E-state index >= 15 is 0 Å². The van der Waals surface area contributed by atoms with E-state index in [-0.39, 0.29) is 12.3 Å². The molecule has 1 heterocycles. The first-order valence-corrected chi connectivity index (χ1v) is 18.8. The number of rotatable bonds is 14. The SMILES string of the molecule is C=CCNC(=O)C(=O)[C@H](CCC1CC1)NC(=O)[C@@H]1CCCN1C(=O)[C@@H](NC(=O)NC1(CS(=O)(=O)C(C)(C)C)CCCCC1)C(C)(C)C. The van der Waals surface area contributed by atoms with Crippen LogP contribution in [-0.4, -0.2) is 90.1 Å². The minimum absolute atomic E-state index is 0.126. The van der Waals surface area contributed by atoms with E-state index in [1.165, 1.54) is 11.0 Å². The fourth-order valence-electron chi connectivity index (χ4n) is 6.40. The fourth-order valence-corrected chi connectivity index (χ4v) is 7.92. The zero-order chi connectivity index (χ0) is 35.2. The molecule has 0 aromatic rings. The Hall–Kier alpha value is -2.96. The molecule has 0 aromatic heterocycles. The van der Waals surface area contributed by atoms with Crippen molar-refractivity contribution in [3.05, 3.63) is 12.7 Å². The Morgan fingerprint density at radius 1 is 0.936 bits per heavy atom. The molecule has 1 saturated heterocycles. The van der Waals surface area contributed by atoms with Crippen molar-refractivity contribution in [3.63, 3.8) is 0 Å². The third-order valence-electron chi connectivity index (χ3n) is 9.64. The zero-order valence-electron chi connectivity index (χ0n) is 29.2. The van der Waals surface area contributed by atoms with Gasteiger partial charge in [-0.15, -0.1) is 6.58 Å². The van der Waals surface area contributed by atoms with Crippen LogP contribution in [0.3, 0.4) is 0 Å². The van der Waals surface area contributed by atoms with Crippen molar-refractivity contribution in [1.82, 2.24) is 26.2 Å². The van der Waals surface area contributed by atoms with Gasteiger partial charge in [0.1, 0.15) is 12.1 Å². The molecule has 12 nitrogen and oxygen atoms in total. The molecule has 0 radical (unpaired) electrons. The summed E-state index contributed by atoms with van der Waals surface area (Å²) in [5.41, 5.74) is -1.70. The Balaban J connectivity index is 1.76. The highest BCUT2D eigenvalue weighted by Gasteiger charge is 2.45. The van der Waals surface area contributed by atoms with Gasteiger partial charge in [-0.25, -0.2) is 13.2 Å². The normalized spacial score (nSPS) is 21.2. The van der Waals surface area contributed by atoms with Crippen molar-refractivity contribution in [2.75, 3.05) is 18.8 Å². The Bertz CT molecular complexity index is 1290. The minimum Gasteiger partial charge on any atom is -0.346 e. The van der Waals surface area contributed by atoms with Crippen LogP contribution in [0.1, 0.15) is 112 Å². The van der Waals surface area contributed by atoms with Crippen molar-refractivity contribution in [1.29, 1.82) is 0 Å². The molecule has 3 fully saturated rings. The summed E-state index contributed by atoms with van der Waals surface area (Å²) in [4.78, 5) is 68.2. The van der Waals surface area contributed by atoms with E-state index in [9.17, 15) is 32.4 Å². The van der Waals surface area contributed by atoms with Crippen molar-refractivity contribution in [2.45, 2.75) is 141 Å². The predicted octanol–water partition coefficient (Wildman–Crippen LogP) is 3.15. The maximum absolute atomic E-state index is 14.1. The number of ketones is 1. The summed E-state index contributed by atoms with van der Waals surface area (Å²) in [6.07, 6.45) is 9.12. The van der Waals surface area contributed by atoms with Gasteiger partial charge in [-0.05, 0) is 70.6 Å². The Labute approximate surface area is 280 Å². The lowest BCUT2D eigenvalue weighted by molar-refractivity contribution is -0.143. The lowest BCUT2D eigenvalue weighted by Crippen LogP contribution is -2.63. The van der Waals surface area contributed by atoms with E-state index in [2.05, 4.69) is 27.8 Å². The number of Topliss-reactive ketones (excluding diaryl/α,β-unsaturated/α-hetero) is 1. The minimum atomic E-state index is -3.55. The summed E-state index contributed by atoms with van der Waals surface area (Å²) in [5.74, 6) is -2.17. The van der Waals surface area contributed by atoms with Crippen molar-refractivity contribution in [2.24, 2.45) is 11.3 Å². The smallest absolute Gasteiger partial charge is 0.315 e. The van der Waals surface area contributed by atoms with Gasteiger partial charge in [-0.1, -0.05) is 59.0 Å². The molecule has 1 aliphatic heterocycles. The monoisotopic (exact) mass is 679 g/mol. The van der Waals surface area contributed by atoms with Crippen LogP contribution in [0.2, 0.25) is 0 Å². The average Bonchev–Trinajstić information content (AvgIpc) is 3.67. The highest BCUT2D eigenvalue weighted by molar-refractivity contribution is 7.92. The van der Waals surface area contributed by atoms with Gasteiger partial charge in [0.25, 0.3) is 5.91 Å². The zero-order valence-corrected chi connectivity index (χ0v) is 30.0. The molecule has 3 atom stereocenters. The first kappa shape index (κ1) is 38.5. The largest absolute Gasteiger partial charge is 0.346 e. The van der Waals surface area contributed by atoms with Crippen LogP contribution in [0, 0.1) is 11.3 Å². The number of carbonyl (C=O) groups excluding carboxylic acids is 5. The molecule has 3 rings (SSSR count). The number of hydrogen-bond acceptors (Lipinski definition) is 7. The molecule has 2 saturated carbocycles. The second-order valence-corrected chi connectivity index (χ2v) is 18.5. The van der Waals surface area contributed by atoms with Gasteiger partial charge in [0.2, 0.25) is 17.6 Å². The second-order valence-electron chi connectivity index (χ2n) is 15.7. The number of carbonyl (C=O) groups is 5. The lowest BCUT2D eigenvalue weighted by Gasteiger charge is -2.41. The molecule has 0 bridgehead atoms. The highest BCUT2D eigenvalue weighted by Crippen LogP contribution is 2.35. The average molecular weight is 680 g/mol. The summed E-state index contributed by atoms with van der Waals surface area (Å²) in [6, 6.07) is -3.52. The van der Waals surface area contributed by atoms with Crippen LogP contribution in [0.5, 0.6) is 0 Å². The molecule has 47 heavy (non-hydrogen) atoms. The molecular weight excluding hydrogens is 622 g/mol. The third kappa shape index (κ3) is 10.5. The van der Waals surface area contributed by atoms with E-state index in [4.69, 9.17) is 0 Å². The van der Waals surface area contributed by atoms with Gasteiger partial charge >= 0.3 is 6.03 Å². The van der Waals surface area contributed by atoms with Crippen molar-refractivity contribution >= 4 is 39.4 Å². The number of nitrogens with zero attached hydrogens (tertiary/aromatic N) is 1. The number of amides is 5. The van der Waals surface area contributed by atoms with Crippen LogP contribution in [0.15, 0.2) is 12.7 Å². The van der Waals surface area contributed by atoms with E-state index < -0.39 is 73.2 Å². The van der Waals surface area contributed by atoms with Crippen LogP contribution in [0.25, 0.3) is 0 Å². The standard InChI is InChI=1S/C34H57N5O7S/c1-8-20-35-29(42)26(40)24(17-16-23-14-15-23)36-28(41)25-13-12-21-39(25)30(43)27(32(2,3)4)37-31(44)38-34(18-10-9-11-19-34)22-47(45,46)33(5,6)7/h8,23-25,27H,1,9-22H2,2-7H3,(H,35,42)(H,36,41)(H2,37,38,44)/t24-,25-,27+/m0/s1. The molecule has 3 aliphatic rings. The lowest BCUT2D eigenvalue weighted by atomic mass is 9.83. The van der Waals surface area contributed by atoms with Crippen molar-refractivity contribution < 1.29 is 32.4 Å². The van der Waals surface area contributed by atoms with Crippen LogP contribution in [-0.2, 0) is 29.0 Å². The van der Waals surface area contributed by atoms with Crippen LogP contribution in [0.4, 0.5) is 4.79 Å². The highest BCUT2D eigenvalue weighted by atomic mass is 32.2. The molecular formula is C34H57N5O7S. The topological polar surface area (TPSA) is 171 Å². The number of hydrogen-bond donors (Lipinski definition) is 4. The van der Waals surface area contributed by atoms with Gasteiger partial charge in [0.05, 0.1) is 22.1 Å². The maximum Gasteiger partial charge on any atom is 0.315 e. The van der Waals surface area contributed by atoms with Gasteiger partial charge in [0, 0.05) is 13.1 Å². The molecule has 0 aromatic carbocycles. The molecule has 266 valence electrons. The molecule has 4 N–H and O–H groups in total. The number of likely N-dealkylation sites (tertiary alicyclic amines) is 1. The predicted molar refractivity (Wildman–Crippen MR) is 181 cm³/mol. The Morgan fingerprint density at radius 2 is 1.57 bits per heavy atom. The molecule has 0 spiro atoms. The number of urea groups is 1. The maximum atomic E-state index is 14.1. The Morgan fingerprint density at radius 3 is 2.13 bits per heavy atom. The van der Waals surface area contributed by atoms with Gasteiger partial charge in [0.15, 0.2) is 9.84 Å². The first-order valence-electron chi connectivity index (χ1n) is 17.1. The summed E-state index contributed by atoms with van der Waals surface area (Å²) in [6.45, 7) is 14.4. The number of nitrogens with one attached hydrogen (secondary N) is 4. The Kier molecular flexibility index (Phi) is 12.7. The summed E-state index contributed by atoms with van der Waals surface area (Å²) >= 11 is 0. The first-order chi connectivity index (χ1) is 21.8. The number of sulfone groups is 1. The molecule has 13 heteroatoms. The van der Waals surface area contributed by atoms with E-state index in [1.807, 2.05) is 20.8 Å². The fraction of sp³-hybridized carbons (Fsp3) is 0.794. The van der Waals surface area contributed by atoms with E-state index in [0.29, 0.717) is 51.0 Å². The quantitative estimate of drug-likeness (QED) is 0.161. The molecule has 0 unspecified atom stereocenters. The van der Waals surface area contributed by atoms with Crippen LogP contribution >= 0.6 is 0 Å². The van der Waals surface area contributed by atoms with Gasteiger partial charge in [-0.3, -0.25) is 19.2 Å².